The summed E-state index contributed by atoms with van der Waals surface area (Å²) in [6.45, 7) is 4.03. The number of benzene rings is 1. The normalized spacial score (nSPS) is 11.8. The lowest BCUT2D eigenvalue weighted by Gasteiger charge is -2.20. The molecule has 0 saturated heterocycles. The second-order valence-corrected chi connectivity index (χ2v) is 6.16. The predicted octanol–water partition coefficient (Wildman–Crippen LogP) is 2.68. The molecule has 0 aliphatic rings. The maximum Gasteiger partial charge on any atom is 0.326 e. The van der Waals surface area contributed by atoms with E-state index in [9.17, 15) is 9.59 Å². The molecule has 0 saturated carbocycles. The van der Waals surface area contributed by atoms with E-state index in [-0.39, 0.29) is 12.3 Å². The van der Waals surface area contributed by atoms with Crippen molar-refractivity contribution in [2.24, 2.45) is 0 Å². The highest BCUT2D eigenvalue weighted by atomic mass is 32.1. The summed E-state index contributed by atoms with van der Waals surface area (Å²) < 4.78 is 5.41. The van der Waals surface area contributed by atoms with Crippen molar-refractivity contribution in [1.29, 1.82) is 0 Å². The maximum atomic E-state index is 12.1. The van der Waals surface area contributed by atoms with Crippen LogP contribution < -0.4 is 4.74 Å². The van der Waals surface area contributed by atoms with Gasteiger partial charge in [0.25, 0.3) is 0 Å². The van der Waals surface area contributed by atoms with Crippen molar-refractivity contribution in [2.75, 3.05) is 13.7 Å². The van der Waals surface area contributed by atoms with Gasteiger partial charge in [-0.1, -0.05) is 0 Å². The number of nitrogens with zero attached hydrogens (tertiary/aromatic N) is 2. The van der Waals surface area contributed by atoms with Crippen molar-refractivity contribution in [3.63, 3.8) is 0 Å². The number of carbonyl (C=O) groups is 2. The zero-order chi connectivity index (χ0) is 17.7. The van der Waals surface area contributed by atoms with Crippen LogP contribution >= 0.6 is 11.3 Å². The fourth-order valence-electron chi connectivity index (χ4n) is 2.04. The number of carboxylic acid groups (broad SMARTS) is 1. The smallest absolute Gasteiger partial charge is 0.326 e. The van der Waals surface area contributed by atoms with Crippen molar-refractivity contribution < 1.29 is 19.4 Å². The van der Waals surface area contributed by atoms with Crippen molar-refractivity contribution in [1.82, 2.24) is 9.88 Å². The summed E-state index contributed by atoms with van der Waals surface area (Å²) in [6.07, 6.45) is 0.0850. The minimum absolute atomic E-state index is 0.0850. The number of hydrogen-bond acceptors (Lipinski definition) is 5. The molecule has 6 nitrogen and oxygen atoms in total. The number of amides is 1. The van der Waals surface area contributed by atoms with Gasteiger partial charge < -0.3 is 14.7 Å². The maximum absolute atomic E-state index is 12.1. The molecule has 1 aromatic heterocycles. The van der Waals surface area contributed by atoms with E-state index in [0.717, 1.165) is 16.3 Å². The van der Waals surface area contributed by atoms with Crippen LogP contribution in [0.15, 0.2) is 29.6 Å². The highest BCUT2D eigenvalue weighted by molar-refractivity contribution is 7.13. The fraction of sp³-hybridized carbons (Fsp3) is 0.353. The van der Waals surface area contributed by atoms with Gasteiger partial charge in [-0.2, -0.15) is 0 Å². The lowest BCUT2D eigenvalue weighted by atomic mass is 10.2. The van der Waals surface area contributed by atoms with Crippen LogP contribution in [0.1, 0.15) is 19.5 Å². The van der Waals surface area contributed by atoms with Gasteiger partial charge in [0.15, 0.2) is 0 Å². The molecule has 0 bridgehead atoms. The Morgan fingerprint density at radius 3 is 2.58 bits per heavy atom. The molecule has 1 heterocycles. The summed E-state index contributed by atoms with van der Waals surface area (Å²) in [7, 11) is 1.49. The Kier molecular flexibility index (Phi) is 5.92. The van der Waals surface area contributed by atoms with Crippen LogP contribution in [0.3, 0.4) is 0 Å². The molecular weight excluding hydrogens is 328 g/mol. The van der Waals surface area contributed by atoms with E-state index in [1.807, 2.05) is 36.6 Å². The zero-order valence-electron chi connectivity index (χ0n) is 13.9. The zero-order valence-corrected chi connectivity index (χ0v) is 14.7. The molecule has 24 heavy (non-hydrogen) atoms. The SMILES string of the molecule is CCOc1ccc(-c2nc(CC(=O)N(C)C(C)C(=O)O)cs2)cc1. The molecule has 1 atom stereocenters. The minimum atomic E-state index is -1.03. The van der Waals surface area contributed by atoms with Gasteiger partial charge in [-0.25, -0.2) is 9.78 Å². The number of ether oxygens (including phenoxy) is 1. The number of hydrogen-bond donors (Lipinski definition) is 1. The summed E-state index contributed by atoms with van der Waals surface area (Å²) >= 11 is 1.45. The Morgan fingerprint density at radius 1 is 1.33 bits per heavy atom. The number of aromatic nitrogens is 1. The second kappa shape index (κ2) is 7.92. The second-order valence-electron chi connectivity index (χ2n) is 5.30. The number of thiazole rings is 1. The molecule has 0 aliphatic carbocycles. The third-order valence-corrected chi connectivity index (χ3v) is 4.57. The monoisotopic (exact) mass is 348 g/mol. The molecule has 1 amide bonds. The summed E-state index contributed by atoms with van der Waals surface area (Å²) in [6, 6.07) is 6.75. The van der Waals surface area contributed by atoms with E-state index in [1.165, 1.54) is 30.2 Å². The quantitative estimate of drug-likeness (QED) is 0.832. The summed E-state index contributed by atoms with van der Waals surface area (Å²) in [4.78, 5) is 28.8. The van der Waals surface area contributed by atoms with Gasteiger partial charge in [-0.05, 0) is 38.1 Å². The standard InChI is InChI=1S/C17H20N2O4S/c1-4-23-14-7-5-12(6-8-14)16-18-13(10-24-16)9-15(20)19(3)11(2)17(21)22/h5-8,10-11H,4,9H2,1-3H3,(H,21,22). The lowest BCUT2D eigenvalue weighted by Crippen LogP contribution is -2.41. The van der Waals surface area contributed by atoms with E-state index in [1.54, 1.807) is 0 Å². The first-order valence-corrected chi connectivity index (χ1v) is 8.46. The van der Waals surface area contributed by atoms with Gasteiger partial charge in [-0.3, -0.25) is 4.79 Å². The largest absolute Gasteiger partial charge is 0.494 e. The highest BCUT2D eigenvalue weighted by Crippen LogP contribution is 2.26. The van der Waals surface area contributed by atoms with Gasteiger partial charge >= 0.3 is 5.97 Å². The molecular formula is C17H20N2O4S. The average Bonchev–Trinajstić information content (AvgIpc) is 3.02. The van der Waals surface area contributed by atoms with Crippen LogP contribution in [0.5, 0.6) is 5.75 Å². The third kappa shape index (κ3) is 4.32. The molecule has 0 radical (unpaired) electrons. The van der Waals surface area contributed by atoms with Crippen LogP contribution in [0, 0.1) is 0 Å². The van der Waals surface area contributed by atoms with Crippen LogP contribution in [-0.2, 0) is 16.0 Å². The molecule has 0 aliphatic heterocycles. The average molecular weight is 348 g/mol. The van der Waals surface area contributed by atoms with Crippen molar-refractivity contribution >= 4 is 23.2 Å². The van der Waals surface area contributed by atoms with E-state index < -0.39 is 12.0 Å². The molecule has 0 spiro atoms. The van der Waals surface area contributed by atoms with Gasteiger partial charge in [0, 0.05) is 18.0 Å². The third-order valence-electron chi connectivity index (χ3n) is 3.63. The summed E-state index contributed by atoms with van der Waals surface area (Å²) in [5.41, 5.74) is 1.59. The van der Waals surface area contributed by atoms with Gasteiger partial charge in [-0.15, -0.1) is 11.3 Å². The molecule has 1 aromatic carbocycles. The van der Waals surface area contributed by atoms with Crippen LogP contribution in [-0.4, -0.2) is 46.6 Å². The Balaban J connectivity index is 2.05. The van der Waals surface area contributed by atoms with Crippen molar-refractivity contribution in [3.05, 3.63) is 35.3 Å². The predicted molar refractivity (Wildman–Crippen MR) is 92.3 cm³/mol. The van der Waals surface area contributed by atoms with E-state index in [2.05, 4.69) is 4.98 Å². The van der Waals surface area contributed by atoms with Gasteiger partial charge in [0.1, 0.15) is 16.8 Å². The molecule has 7 heteroatoms. The topological polar surface area (TPSA) is 79.7 Å². The van der Waals surface area contributed by atoms with E-state index in [4.69, 9.17) is 9.84 Å². The number of aliphatic carboxylic acids is 1. The molecule has 0 fully saturated rings. The van der Waals surface area contributed by atoms with E-state index >= 15 is 0 Å². The van der Waals surface area contributed by atoms with E-state index in [0.29, 0.717) is 12.3 Å². The Bertz CT molecular complexity index is 712. The van der Waals surface area contributed by atoms with Crippen LogP contribution in [0.4, 0.5) is 0 Å². The number of likely N-dealkylation sites (N-methyl/N-ethyl adjacent to an activating group) is 1. The Labute approximate surface area is 144 Å². The minimum Gasteiger partial charge on any atom is -0.494 e. The first-order chi connectivity index (χ1) is 11.4. The fourth-order valence-corrected chi connectivity index (χ4v) is 2.87. The summed E-state index contributed by atoms with van der Waals surface area (Å²) in [5, 5.41) is 11.6. The van der Waals surface area contributed by atoms with Crippen molar-refractivity contribution in [2.45, 2.75) is 26.3 Å². The molecule has 1 N–H and O–H groups in total. The van der Waals surface area contributed by atoms with Gasteiger partial charge in [0.05, 0.1) is 18.7 Å². The first kappa shape index (κ1) is 17.9. The molecule has 2 rings (SSSR count). The Morgan fingerprint density at radius 2 is 2.00 bits per heavy atom. The molecule has 128 valence electrons. The number of rotatable bonds is 7. The molecule has 1 unspecified atom stereocenters. The first-order valence-electron chi connectivity index (χ1n) is 7.58. The lowest BCUT2D eigenvalue weighted by molar-refractivity contribution is -0.148. The number of carboxylic acids is 1. The summed E-state index contributed by atoms with van der Waals surface area (Å²) in [5.74, 6) is -0.495. The Hall–Kier alpha value is -2.41. The van der Waals surface area contributed by atoms with Crippen molar-refractivity contribution in [3.8, 4) is 16.3 Å². The van der Waals surface area contributed by atoms with Crippen LogP contribution in [0.2, 0.25) is 0 Å². The highest BCUT2D eigenvalue weighted by Gasteiger charge is 2.22. The van der Waals surface area contributed by atoms with Gasteiger partial charge in [0.2, 0.25) is 5.91 Å². The number of carbonyl (C=O) groups excluding carboxylic acids is 1. The van der Waals surface area contributed by atoms with Crippen LogP contribution in [0.25, 0.3) is 10.6 Å². The molecule has 2 aromatic rings.